The zero-order valence-electron chi connectivity index (χ0n) is 16.6. The van der Waals surface area contributed by atoms with Crippen LogP contribution in [0.3, 0.4) is 0 Å². The number of hydrogen-bond acceptors (Lipinski definition) is 2. The minimum absolute atomic E-state index is 0.0348. The minimum Gasteiger partial charge on any atom is -0.342 e. The van der Waals surface area contributed by atoms with Crippen molar-refractivity contribution in [3.05, 3.63) is 54.3 Å². The van der Waals surface area contributed by atoms with Gasteiger partial charge in [-0.15, -0.1) is 0 Å². The lowest BCUT2D eigenvalue weighted by Crippen LogP contribution is -2.45. The van der Waals surface area contributed by atoms with Crippen molar-refractivity contribution in [3.63, 3.8) is 0 Å². The number of benzene rings is 2. The molecular formula is C24H27FN2O2. The number of amides is 2. The summed E-state index contributed by atoms with van der Waals surface area (Å²) in [5.74, 6) is -0.0788. The normalized spacial score (nSPS) is 19.9. The number of carbonyl (C=O) groups is 2. The van der Waals surface area contributed by atoms with Gasteiger partial charge in [0.25, 0.3) is 0 Å². The first-order valence-electron chi connectivity index (χ1n) is 10.6. The van der Waals surface area contributed by atoms with E-state index in [0.29, 0.717) is 6.54 Å². The van der Waals surface area contributed by atoms with E-state index in [0.717, 1.165) is 61.9 Å². The van der Waals surface area contributed by atoms with Gasteiger partial charge in [0.2, 0.25) is 11.8 Å². The Balaban J connectivity index is 1.36. The number of nitrogens with zero attached hydrogens (tertiary/aromatic N) is 1. The second kappa shape index (κ2) is 8.76. The summed E-state index contributed by atoms with van der Waals surface area (Å²) in [6.45, 7) is 1.28. The third kappa shape index (κ3) is 4.66. The second-order valence-electron chi connectivity index (χ2n) is 8.18. The number of piperidine rings is 1. The molecule has 1 N–H and O–H groups in total. The zero-order valence-corrected chi connectivity index (χ0v) is 16.6. The Morgan fingerprint density at radius 2 is 1.62 bits per heavy atom. The van der Waals surface area contributed by atoms with Gasteiger partial charge >= 0.3 is 0 Å². The second-order valence-corrected chi connectivity index (χ2v) is 8.18. The Bertz CT molecular complexity index is 875. The molecule has 5 heteroatoms. The van der Waals surface area contributed by atoms with Gasteiger partial charge in [0.05, 0.1) is 5.92 Å². The Labute approximate surface area is 171 Å². The fraction of sp³-hybridized carbons (Fsp3) is 0.417. The molecule has 1 saturated heterocycles. The van der Waals surface area contributed by atoms with Crippen molar-refractivity contribution >= 4 is 17.5 Å². The van der Waals surface area contributed by atoms with Gasteiger partial charge < -0.3 is 10.2 Å². The molecular weight excluding hydrogens is 367 g/mol. The van der Waals surface area contributed by atoms with Crippen LogP contribution in [0, 0.1) is 17.7 Å². The Morgan fingerprint density at radius 3 is 2.34 bits per heavy atom. The third-order valence-corrected chi connectivity index (χ3v) is 6.12. The largest absolute Gasteiger partial charge is 0.342 e. The summed E-state index contributed by atoms with van der Waals surface area (Å²) in [6, 6.07) is 13.9. The van der Waals surface area contributed by atoms with E-state index >= 15 is 0 Å². The maximum absolute atomic E-state index is 13.4. The van der Waals surface area contributed by atoms with Gasteiger partial charge in [0.1, 0.15) is 5.82 Å². The van der Waals surface area contributed by atoms with Crippen LogP contribution in [-0.2, 0) is 9.59 Å². The highest BCUT2D eigenvalue weighted by molar-refractivity contribution is 5.93. The van der Waals surface area contributed by atoms with E-state index in [2.05, 4.69) is 5.32 Å². The first-order chi connectivity index (χ1) is 14.1. The number of rotatable bonds is 4. The van der Waals surface area contributed by atoms with Crippen molar-refractivity contribution in [1.29, 1.82) is 0 Å². The fourth-order valence-electron chi connectivity index (χ4n) is 4.48. The molecule has 4 nitrogen and oxygen atoms in total. The van der Waals surface area contributed by atoms with Crippen molar-refractivity contribution < 1.29 is 14.0 Å². The lowest BCUT2D eigenvalue weighted by Gasteiger charge is -2.33. The molecule has 0 bridgehead atoms. The number of nitrogens with one attached hydrogen (secondary N) is 1. The van der Waals surface area contributed by atoms with Crippen LogP contribution in [0.1, 0.15) is 38.5 Å². The first-order valence-corrected chi connectivity index (χ1v) is 10.6. The lowest BCUT2D eigenvalue weighted by molar-refractivity contribution is -0.138. The number of anilines is 1. The number of halogens is 1. The monoisotopic (exact) mass is 394 g/mol. The maximum atomic E-state index is 13.4. The Morgan fingerprint density at radius 1 is 0.897 bits per heavy atom. The molecule has 2 fully saturated rings. The SMILES string of the molecule is O=C(Nc1ccc(-c2cccc(F)c2)cc1)[C@@H]1CCCN(C(=O)C2CCCC2)C1. The van der Waals surface area contributed by atoms with Gasteiger partial charge in [-0.3, -0.25) is 9.59 Å². The van der Waals surface area contributed by atoms with Gasteiger partial charge in [0, 0.05) is 24.7 Å². The van der Waals surface area contributed by atoms with Crippen LogP contribution in [0.15, 0.2) is 48.5 Å². The molecule has 1 saturated carbocycles. The minimum atomic E-state index is -0.270. The van der Waals surface area contributed by atoms with Gasteiger partial charge in [-0.05, 0) is 61.1 Å². The highest BCUT2D eigenvalue weighted by Crippen LogP contribution is 2.29. The predicted molar refractivity (Wildman–Crippen MR) is 112 cm³/mol. The zero-order chi connectivity index (χ0) is 20.2. The molecule has 0 spiro atoms. The first kappa shape index (κ1) is 19.6. The van der Waals surface area contributed by atoms with E-state index in [1.165, 1.54) is 12.1 Å². The summed E-state index contributed by atoms with van der Waals surface area (Å²) in [5, 5.41) is 2.98. The van der Waals surface area contributed by atoms with Crippen molar-refractivity contribution in [2.24, 2.45) is 11.8 Å². The topological polar surface area (TPSA) is 49.4 Å². The van der Waals surface area contributed by atoms with Crippen LogP contribution < -0.4 is 5.32 Å². The van der Waals surface area contributed by atoms with E-state index in [1.54, 1.807) is 6.07 Å². The maximum Gasteiger partial charge on any atom is 0.229 e. The van der Waals surface area contributed by atoms with E-state index in [-0.39, 0.29) is 29.5 Å². The van der Waals surface area contributed by atoms with E-state index in [9.17, 15) is 14.0 Å². The van der Waals surface area contributed by atoms with Crippen molar-refractivity contribution in [3.8, 4) is 11.1 Å². The van der Waals surface area contributed by atoms with E-state index in [4.69, 9.17) is 0 Å². The molecule has 0 radical (unpaired) electrons. The van der Waals surface area contributed by atoms with Crippen LogP contribution >= 0.6 is 0 Å². The summed E-state index contributed by atoms with van der Waals surface area (Å²) < 4.78 is 13.4. The van der Waals surface area contributed by atoms with Crippen LogP contribution in [0.2, 0.25) is 0 Å². The number of likely N-dealkylation sites (tertiary alicyclic amines) is 1. The quantitative estimate of drug-likeness (QED) is 0.805. The highest BCUT2D eigenvalue weighted by Gasteiger charge is 2.32. The number of carbonyl (C=O) groups excluding carboxylic acids is 2. The van der Waals surface area contributed by atoms with Crippen molar-refractivity contribution in [2.45, 2.75) is 38.5 Å². The molecule has 2 aromatic carbocycles. The summed E-state index contributed by atoms with van der Waals surface area (Å²) in [6.07, 6.45) is 5.93. The average Bonchev–Trinajstić information content (AvgIpc) is 3.29. The molecule has 0 unspecified atom stereocenters. The molecule has 152 valence electrons. The van der Waals surface area contributed by atoms with Crippen LogP contribution in [-0.4, -0.2) is 29.8 Å². The standard InChI is InChI=1S/C24H27FN2O2/c25-21-9-3-7-19(15-21)17-10-12-22(13-11-17)26-23(28)20-8-4-14-27(16-20)24(29)18-5-1-2-6-18/h3,7,9-13,15,18,20H,1-2,4-6,8,14,16H2,(H,26,28)/t20-/m1/s1. The predicted octanol–water partition coefficient (Wildman–Crippen LogP) is 4.86. The van der Waals surface area contributed by atoms with E-state index < -0.39 is 0 Å². The van der Waals surface area contributed by atoms with Crippen LogP contribution in [0.25, 0.3) is 11.1 Å². The van der Waals surface area contributed by atoms with Crippen molar-refractivity contribution in [1.82, 2.24) is 4.90 Å². The third-order valence-electron chi connectivity index (χ3n) is 6.12. The fourth-order valence-corrected chi connectivity index (χ4v) is 4.48. The molecule has 29 heavy (non-hydrogen) atoms. The molecule has 2 amide bonds. The summed E-state index contributed by atoms with van der Waals surface area (Å²) >= 11 is 0. The summed E-state index contributed by atoms with van der Waals surface area (Å²) in [5.41, 5.74) is 2.42. The lowest BCUT2D eigenvalue weighted by atomic mass is 9.95. The molecule has 2 aromatic rings. The molecule has 1 heterocycles. The Kier molecular flexibility index (Phi) is 5.93. The Hall–Kier alpha value is -2.69. The van der Waals surface area contributed by atoms with Crippen LogP contribution in [0.4, 0.5) is 10.1 Å². The smallest absolute Gasteiger partial charge is 0.229 e. The van der Waals surface area contributed by atoms with E-state index in [1.807, 2.05) is 35.2 Å². The molecule has 0 aromatic heterocycles. The summed E-state index contributed by atoms with van der Waals surface area (Å²) in [4.78, 5) is 27.3. The summed E-state index contributed by atoms with van der Waals surface area (Å²) in [7, 11) is 0. The number of hydrogen-bond donors (Lipinski definition) is 1. The highest BCUT2D eigenvalue weighted by atomic mass is 19.1. The van der Waals surface area contributed by atoms with Gasteiger partial charge in [-0.1, -0.05) is 37.1 Å². The molecule has 1 atom stereocenters. The van der Waals surface area contributed by atoms with Gasteiger partial charge in [-0.2, -0.15) is 0 Å². The molecule has 1 aliphatic carbocycles. The van der Waals surface area contributed by atoms with Crippen molar-refractivity contribution in [2.75, 3.05) is 18.4 Å². The molecule has 4 rings (SSSR count). The van der Waals surface area contributed by atoms with Crippen LogP contribution in [0.5, 0.6) is 0 Å². The molecule has 2 aliphatic rings. The van der Waals surface area contributed by atoms with Gasteiger partial charge in [-0.25, -0.2) is 4.39 Å². The molecule has 1 aliphatic heterocycles. The average molecular weight is 394 g/mol. The van der Waals surface area contributed by atoms with Gasteiger partial charge in [0.15, 0.2) is 0 Å².